The van der Waals surface area contributed by atoms with Crippen molar-refractivity contribution in [2.75, 3.05) is 52.6 Å². The van der Waals surface area contributed by atoms with Gasteiger partial charge in [-0.1, -0.05) is 0 Å². The summed E-state index contributed by atoms with van der Waals surface area (Å²) < 4.78 is 11.1. The normalized spacial score (nSPS) is 20.2. The lowest BCUT2D eigenvalue weighted by molar-refractivity contribution is 0.0333. The van der Waals surface area contributed by atoms with E-state index in [1.807, 2.05) is 12.1 Å². The fourth-order valence-corrected chi connectivity index (χ4v) is 3.53. The second-order valence-electron chi connectivity index (χ2n) is 6.19. The lowest BCUT2D eigenvalue weighted by Crippen LogP contribution is -2.36. The molecule has 2 aliphatic rings. The zero-order chi connectivity index (χ0) is 16.9. The maximum atomic E-state index is 12.3. The molecule has 0 radical (unpaired) electrons. The molecule has 2 aliphatic heterocycles. The molecular formula is C17H23BrN2O4. The molecule has 24 heavy (non-hydrogen) atoms. The highest BCUT2D eigenvalue weighted by atomic mass is 79.9. The van der Waals surface area contributed by atoms with Crippen molar-refractivity contribution < 1.29 is 14.6 Å². The number of hydrogen-bond donors (Lipinski definition) is 1. The van der Waals surface area contributed by atoms with Crippen LogP contribution in [0.2, 0.25) is 0 Å². The van der Waals surface area contributed by atoms with E-state index >= 15 is 0 Å². The molecule has 0 unspecified atom stereocenters. The Kier molecular flexibility index (Phi) is 6.24. The predicted octanol–water partition coefficient (Wildman–Crippen LogP) is 1.18. The van der Waals surface area contributed by atoms with Crippen LogP contribution in [0.1, 0.15) is 11.1 Å². The molecule has 1 aromatic rings. The Hall–Kier alpha value is -0.990. The van der Waals surface area contributed by atoms with Gasteiger partial charge in [0.2, 0.25) is 5.43 Å². The minimum absolute atomic E-state index is 0.165. The quantitative estimate of drug-likeness (QED) is 0.821. The summed E-state index contributed by atoms with van der Waals surface area (Å²) in [5.41, 5.74) is 1.34. The Labute approximate surface area is 150 Å². The molecule has 1 N–H and O–H groups in total. The summed E-state index contributed by atoms with van der Waals surface area (Å²) in [6.45, 7) is 7.53. The fraction of sp³-hybridized carbons (Fsp3) is 0.588. The van der Waals surface area contributed by atoms with E-state index in [1.165, 1.54) is 0 Å². The lowest BCUT2D eigenvalue weighted by atomic mass is 10.1. The summed E-state index contributed by atoms with van der Waals surface area (Å²) in [6.07, 6.45) is 0. The average Bonchev–Trinajstić information content (AvgIpc) is 2.69. The summed E-state index contributed by atoms with van der Waals surface area (Å²) in [5.74, 6) is -0.165. The van der Waals surface area contributed by atoms with E-state index in [9.17, 15) is 9.90 Å². The van der Waals surface area contributed by atoms with Crippen LogP contribution in [0.5, 0.6) is 5.75 Å². The van der Waals surface area contributed by atoms with Crippen molar-refractivity contribution in [3.05, 3.63) is 38.0 Å². The van der Waals surface area contributed by atoms with E-state index in [1.54, 1.807) is 0 Å². The smallest absolute Gasteiger partial charge is 0.234 e. The van der Waals surface area contributed by atoms with Crippen LogP contribution in [0, 0.1) is 0 Å². The van der Waals surface area contributed by atoms with Gasteiger partial charge in [-0.2, -0.15) is 0 Å². The van der Waals surface area contributed by atoms with E-state index < -0.39 is 0 Å². The lowest BCUT2D eigenvalue weighted by Gasteiger charge is -2.27. The van der Waals surface area contributed by atoms with E-state index in [-0.39, 0.29) is 11.2 Å². The maximum Gasteiger partial charge on any atom is 0.234 e. The van der Waals surface area contributed by atoms with Crippen molar-refractivity contribution in [3.63, 3.8) is 0 Å². The van der Waals surface area contributed by atoms with Gasteiger partial charge in [-0.15, -0.1) is 0 Å². The fourth-order valence-electron chi connectivity index (χ4n) is 3.05. The highest BCUT2D eigenvalue weighted by molar-refractivity contribution is 9.10. The largest absolute Gasteiger partial charge is 0.504 e. The van der Waals surface area contributed by atoms with E-state index in [4.69, 9.17) is 9.47 Å². The second kappa shape index (κ2) is 8.40. The van der Waals surface area contributed by atoms with Crippen LogP contribution >= 0.6 is 15.9 Å². The molecule has 0 aliphatic carbocycles. The number of rotatable bonds is 4. The first-order chi connectivity index (χ1) is 11.6. The highest BCUT2D eigenvalue weighted by Crippen LogP contribution is 2.20. The molecule has 0 spiro atoms. The topological polar surface area (TPSA) is 62.2 Å². The predicted molar refractivity (Wildman–Crippen MR) is 94.3 cm³/mol. The molecule has 0 amide bonds. The summed E-state index contributed by atoms with van der Waals surface area (Å²) in [4.78, 5) is 16.8. The molecule has 2 saturated heterocycles. The van der Waals surface area contributed by atoms with Crippen molar-refractivity contribution in [2.45, 2.75) is 13.1 Å². The molecule has 6 nitrogen and oxygen atoms in total. The Balaban J connectivity index is 1.85. The number of nitrogens with zero attached hydrogens (tertiary/aromatic N) is 2. The third kappa shape index (κ3) is 4.55. The van der Waals surface area contributed by atoms with Crippen molar-refractivity contribution in [1.29, 1.82) is 0 Å². The van der Waals surface area contributed by atoms with Gasteiger partial charge in [-0.3, -0.25) is 14.6 Å². The number of aromatic hydroxyl groups is 1. The molecular weight excluding hydrogens is 376 g/mol. The first-order valence-corrected chi connectivity index (χ1v) is 9.07. The molecule has 7 heteroatoms. The van der Waals surface area contributed by atoms with Gasteiger partial charge in [0.25, 0.3) is 0 Å². The maximum absolute atomic E-state index is 12.3. The summed E-state index contributed by atoms with van der Waals surface area (Å²) >= 11 is 3.30. The molecule has 132 valence electrons. The first-order valence-electron chi connectivity index (χ1n) is 8.28. The van der Waals surface area contributed by atoms with Gasteiger partial charge in [0, 0.05) is 44.8 Å². The van der Waals surface area contributed by atoms with Gasteiger partial charge in [-0.25, -0.2) is 0 Å². The number of halogens is 1. The van der Waals surface area contributed by atoms with Crippen molar-refractivity contribution in [3.8, 4) is 5.75 Å². The Morgan fingerprint density at radius 2 is 1.50 bits per heavy atom. The van der Waals surface area contributed by atoms with Crippen LogP contribution < -0.4 is 5.43 Å². The SMILES string of the molecule is O=c1c(Br)cc(CN2CCOCC2)cc(CN2CCOCC2)c1O. The molecule has 2 heterocycles. The second-order valence-corrected chi connectivity index (χ2v) is 7.05. The van der Waals surface area contributed by atoms with Gasteiger partial charge >= 0.3 is 0 Å². The molecule has 2 fully saturated rings. The van der Waals surface area contributed by atoms with Crippen molar-refractivity contribution in [1.82, 2.24) is 9.80 Å². The molecule has 0 atom stereocenters. The Morgan fingerprint density at radius 1 is 0.958 bits per heavy atom. The van der Waals surface area contributed by atoms with Crippen LogP contribution in [-0.2, 0) is 22.6 Å². The van der Waals surface area contributed by atoms with Gasteiger partial charge in [0.15, 0.2) is 5.75 Å². The third-order valence-corrected chi connectivity index (χ3v) is 5.00. The standard InChI is InChI=1S/C17H23BrN2O4/c18-15-10-13(11-19-1-5-23-6-2-19)9-14(16(21)17(15)22)12-20-3-7-24-8-4-20/h9-10H,1-8,11-12H2,(H,21,22). The van der Waals surface area contributed by atoms with Crippen molar-refractivity contribution >= 4 is 15.9 Å². The first kappa shape index (κ1) is 17.8. The summed E-state index contributed by atoms with van der Waals surface area (Å²) in [6, 6.07) is 3.77. The molecule has 3 rings (SSSR count). The van der Waals surface area contributed by atoms with E-state index in [0.29, 0.717) is 29.8 Å². The van der Waals surface area contributed by atoms with E-state index in [0.717, 1.165) is 51.5 Å². The molecule has 0 aromatic heterocycles. The zero-order valence-electron chi connectivity index (χ0n) is 13.7. The third-order valence-electron chi connectivity index (χ3n) is 4.42. The summed E-state index contributed by atoms with van der Waals surface area (Å²) in [5, 5.41) is 10.4. The Bertz CT molecular complexity index is 629. The monoisotopic (exact) mass is 398 g/mol. The molecule has 0 bridgehead atoms. The minimum atomic E-state index is -0.355. The number of morpholine rings is 2. The Morgan fingerprint density at radius 3 is 2.08 bits per heavy atom. The van der Waals surface area contributed by atoms with Crippen LogP contribution in [-0.4, -0.2) is 67.5 Å². The van der Waals surface area contributed by atoms with Crippen LogP contribution in [0.3, 0.4) is 0 Å². The molecule has 0 saturated carbocycles. The van der Waals surface area contributed by atoms with Gasteiger partial charge in [0.1, 0.15) is 0 Å². The van der Waals surface area contributed by atoms with Crippen LogP contribution in [0.25, 0.3) is 0 Å². The highest BCUT2D eigenvalue weighted by Gasteiger charge is 2.17. The van der Waals surface area contributed by atoms with Gasteiger partial charge in [0.05, 0.1) is 30.9 Å². The van der Waals surface area contributed by atoms with Gasteiger partial charge in [-0.05, 0) is 33.6 Å². The number of hydrogen-bond acceptors (Lipinski definition) is 6. The van der Waals surface area contributed by atoms with Crippen LogP contribution in [0.4, 0.5) is 0 Å². The van der Waals surface area contributed by atoms with Gasteiger partial charge < -0.3 is 14.6 Å². The number of ether oxygens (including phenoxy) is 2. The molecule has 1 aromatic carbocycles. The zero-order valence-corrected chi connectivity index (χ0v) is 15.3. The average molecular weight is 399 g/mol. The summed E-state index contributed by atoms with van der Waals surface area (Å²) in [7, 11) is 0. The minimum Gasteiger partial charge on any atom is -0.504 e. The van der Waals surface area contributed by atoms with Crippen molar-refractivity contribution in [2.24, 2.45) is 0 Å². The van der Waals surface area contributed by atoms with Crippen LogP contribution in [0.15, 0.2) is 21.4 Å². The van der Waals surface area contributed by atoms with E-state index in [2.05, 4.69) is 25.7 Å².